The summed E-state index contributed by atoms with van der Waals surface area (Å²) in [6.07, 6.45) is 21.5. The third kappa shape index (κ3) is 4.76. The van der Waals surface area contributed by atoms with E-state index in [1.807, 2.05) is 0 Å². The Kier molecular flexibility index (Phi) is 7.56. The fraction of sp³-hybridized carbons (Fsp3) is 1.00. The lowest BCUT2D eigenvalue weighted by atomic mass is 9.99. The normalized spacial score (nSPS) is 23.7. The zero-order chi connectivity index (χ0) is 12.6. The summed E-state index contributed by atoms with van der Waals surface area (Å²) in [5, 5.41) is 0. The molecule has 0 nitrogen and oxygen atoms in total. The first-order chi connectivity index (χ1) is 8.92. The van der Waals surface area contributed by atoms with Gasteiger partial charge in [-0.05, 0) is 62.2 Å². The lowest BCUT2D eigenvalue weighted by Gasteiger charge is -2.38. The summed E-state index contributed by atoms with van der Waals surface area (Å²) in [5.41, 5.74) is 2.34. The van der Waals surface area contributed by atoms with Gasteiger partial charge < -0.3 is 0 Å². The number of unbranched alkanes of at least 4 members (excludes halogenated alkanes) is 1. The molecule has 0 heterocycles. The fourth-order valence-corrected chi connectivity index (χ4v) is 8.19. The molecule has 0 N–H and O–H groups in total. The lowest BCUT2D eigenvalue weighted by Crippen LogP contribution is -2.22. The van der Waals surface area contributed by atoms with E-state index in [-0.39, 0.29) is 0 Å². The highest BCUT2D eigenvalue weighted by atomic mass is 31.1. The van der Waals surface area contributed by atoms with Gasteiger partial charge in [0, 0.05) is 0 Å². The number of hydrogen-bond donors (Lipinski definition) is 0. The largest absolute Gasteiger partial charge is 0.138 e. The van der Waals surface area contributed by atoms with Crippen LogP contribution in [0.25, 0.3) is 0 Å². The van der Waals surface area contributed by atoms with Crippen molar-refractivity contribution in [3.63, 3.8) is 0 Å². The van der Waals surface area contributed by atoms with Crippen molar-refractivity contribution in [2.24, 2.45) is 0 Å². The van der Waals surface area contributed by atoms with Crippen molar-refractivity contribution in [3.8, 4) is 0 Å². The highest BCUT2D eigenvalue weighted by Gasteiger charge is 2.30. The van der Waals surface area contributed by atoms with Crippen molar-refractivity contribution < 1.29 is 0 Å². The quantitative estimate of drug-likeness (QED) is 0.428. The molecule has 1 unspecified atom stereocenters. The Morgan fingerprint density at radius 2 is 1.22 bits per heavy atom. The predicted octanol–water partition coefficient (Wildman–Crippen LogP) is 5.79. The molecule has 0 aliphatic heterocycles. The first kappa shape index (κ1) is 15.3. The lowest BCUT2D eigenvalue weighted by molar-refractivity contribution is 0.483. The van der Waals surface area contributed by atoms with Gasteiger partial charge in [-0.1, -0.05) is 38.5 Å². The molecule has 0 aromatic rings. The Hall–Kier alpha value is 0.860. The topological polar surface area (TPSA) is 0 Å². The van der Waals surface area contributed by atoms with Crippen LogP contribution in [0, 0.1) is 0 Å². The van der Waals surface area contributed by atoms with Gasteiger partial charge in [0.25, 0.3) is 0 Å². The van der Waals surface area contributed by atoms with E-state index in [1.165, 1.54) is 43.2 Å². The third-order valence-corrected chi connectivity index (χ3v) is 9.11. The summed E-state index contributed by atoms with van der Waals surface area (Å²) in [7, 11) is 3.29. The van der Waals surface area contributed by atoms with Gasteiger partial charge in [-0.2, -0.15) is 0 Å². The van der Waals surface area contributed by atoms with E-state index in [2.05, 4.69) is 9.24 Å². The van der Waals surface area contributed by atoms with Gasteiger partial charge in [-0.15, -0.1) is 17.2 Å². The maximum atomic E-state index is 2.91. The van der Waals surface area contributed by atoms with E-state index in [9.17, 15) is 0 Å². The summed E-state index contributed by atoms with van der Waals surface area (Å²) >= 11 is 0. The van der Waals surface area contributed by atoms with Gasteiger partial charge in [-0.25, -0.2) is 0 Å². The molecule has 2 rings (SSSR count). The van der Waals surface area contributed by atoms with Gasteiger partial charge in [0.15, 0.2) is 0 Å². The minimum absolute atomic E-state index is 0.382. The second-order valence-electron chi connectivity index (χ2n) is 6.32. The molecule has 0 spiro atoms. The van der Waals surface area contributed by atoms with E-state index in [0.717, 1.165) is 0 Å². The molecular formula is C16H32P2. The van der Waals surface area contributed by atoms with Crippen LogP contribution >= 0.6 is 17.2 Å². The number of rotatable bonds is 6. The molecule has 0 aromatic heterocycles. The minimum atomic E-state index is 0.382. The smallest absolute Gasteiger partial charge is 0.0207 e. The van der Waals surface area contributed by atoms with Crippen molar-refractivity contribution in [1.29, 1.82) is 0 Å². The van der Waals surface area contributed by atoms with Crippen LogP contribution in [0.2, 0.25) is 0 Å². The minimum Gasteiger partial charge on any atom is -0.138 e. The summed E-state index contributed by atoms with van der Waals surface area (Å²) in [5.74, 6) is 0. The molecule has 18 heavy (non-hydrogen) atoms. The molecule has 2 aliphatic rings. The molecule has 1 atom stereocenters. The highest BCUT2D eigenvalue weighted by Crippen LogP contribution is 2.56. The summed E-state index contributed by atoms with van der Waals surface area (Å²) in [4.78, 5) is 0. The zero-order valence-electron chi connectivity index (χ0n) is 12.1. The van der Waals surface area contributed by atoms with Gasteiger partial charge in [0.05, 0.1) is 0 Å². The monoisotopic (exact) mass is 286 g/mol. The first-order valence-electron chi connectivity index (χ1n) is 8.37. The Morgan fingerprint density at radius 1 is 0.722 bits per heavy atom. The summed E-state index contributed by atoms with van der Waals surface area (Å²) in [6, 6.07) is 0. The predicted molar refractivity (Wildman–Crippen MR) is 89.3 cm³/mol. The molecule has 106 valence electrons. The molecule has 0 amide bonds. The maximum absolute atomic E-state index is 2.91. The maximum Gasteiger partial charge on any atom is -0.0207 e. The van der Waals surface area contributed by atoms with Crippen LogP contribution in [-0.2, 0) is 0 Å². The van der Waals surface area contributed by atoms with Crippen LogP contribution in [0.3, 0.4) is 0 Å². The summed E-state index contributed by atoms with van der Waals surface area (Å²) in [6.45, 7) is 0. The molecule has 2 fully saturated rings. The standard InChI is InChI=1S/C16H32P2/c17-13-7-8-14-18(15-9-3-1-4-10-15)16-11-5-2-6-12-16/h15-16H,1-14,17H2. The highest BCUT2D eigenvalue weighted by molar-refractivity contribution is 7.59. The van der Waals surface area contributed by atoms with E-state index in [0.29, 0.717) is 7.92 Å². The van der Waals surface area contributed by atoms with Crippen molar-refractivity contribution in [3.05, 3.63) is 0 Å². The fourth-order valence-electron chi connectivity index (χ4n) is 3.93. The van der Waals surface area contributed by atoms with E-state index >= 15 is 0 Å². The second kappa shape index (κ2) is 8.92. The van der Waals surface area contributed by atoms with Gasteiger partial charge in [-0.3, -0.25) is 0 Å². The van der Waals surface area contributed by atoms with Crippen molar-refractivity contribution in [2.75, 3.05) is 12.3 Å². The van der Waals surface area contributed by atoms with Gasteiger partial charge >= 0.3 is 0 Å². The molecule has 0 radical (unpaired) electrons. The molecular weight excluding hydrogens is 254 g/mol. The Morgan fingerprint density at radius 3 is 1.67 bits per heavy atom. The van der Waals surface area contributed by atoms with Crippen LogP contribution in [-0.4, -0.2) is 23.6 Å². The zero-order valence-corrected chi connectivity index (χ0v) is 14.1. The SMILES string of the molecule is PCCCCP(C1CCCCC1)C1CCCCC1. The molecule has 2 saturated carbocycles. The number of hydrogen-bond acceptors (Lipinski definition) is 0. The molecule has 2 heteroatoms. The molecule has 2 aliphatic carbocycles. The molecule has 0 aromatic carbocycles. The third-order valence-electron chi connectivity index (χ3n) is 4.96. The first-order valence-corrected chi connectivity index (χ1v) is 10.9. The van der Waals surface area contributed by atoms with Gasteiger partial charge in [0.1, 0.15) is 0 Å². The summed E-state index contributed by atoms with van der Waals surface area (Å²) < 4.78 is 0. The average molecular weight is 286 g/mol. The van der Waals surface area contributed by atoms with Crippen LogP contribution < -0.4 is 0 Å². The van der Waals surface area contributed by atoms with Crippen LogP contribution in [0.1, 0.15) is 77.0 Å². The van der Waals surface area contributed by atoms with Crippen molar-refractivity contribution in [2.45, 2.75) is 88.4 Å². The van der Waals surface area contributed by atoms with E-state index in [1.54, 1.807) is 57.5 Å². The Balaban J connectivity index is 1.87. The van der Waals surface area contributed by atoms with E-state index in [4.69, 9.17) is 0 Å². The van der Waals surface area contributed by atoms with Gasteiger partial charge in [0.2, 0.25) is 0 Å². The Labute approximate surface area is 118 Å². The van der Waals surface area contributed by atoms with E-state index < -0.39 is 0 Å². The van der Waals surface area contributed by atoms with Crippen molar-refractivity contribution in [1.82, 2.24) is 0 Å². The Bertz CT molecular complexity index is 187. The molecule has 0 saturated heterocycles. The van der Waals surface area contributed by atoms with Crippen LogP contribution in [0.4, 0.5) is 0 Å². The molecule has 0 bridgehead atoms. The van der Waals surface area contributed by atoms with Crippen LogP contribution in [0.5, 0.6) is 0 Å². The second-order valence-corrected chi connectivity index (χ2v) is 9.83. The average Bonchev–Trinajstić information content (AvgIpc) is 2.46. The van der Waals surface area contributed by atoms with Crippen molar-refractivity contribution >= 4 is 17.2 Å². The van der Waals surface area contributed by atoms with Crippen LogP contribution in [0.15, 0.2) is 0 Å².